The molecule has 0 spiro atoms. The number of guanidine groups is 1. The van der Waals surface area contributed by atoms with E-state index in [0.29, 0.717) is 11.3 Å². The summed E-state index contributed by atoms with van der Waals surface area (Å²) in [5, 5.41) is 5.38. The highest BCUT2D eigenvalue weighted by Crippen LogP contribution is 2.13. The summed E-state index contributed by atoms with van der Waals surface area (Å²) in [6.45, 7) is 2.80. The second kappa shape index (κ2) is 9.73. The zero-order valence-corrected chi connectivity index (χ0v) is 17.2. The van der Waals surface area contributed by atoms with Gasteiger partial charge in [0.1, 0.15) is 0 Å². The fourth-order valence-corrected chi connectivity index (χ4v) is 4.93. The van der Waals surface area contributed by atoms with Crippen molar-refractivity contribution in [1.29, 1.82) is 0 Å². The lowest BCUT2D eigenvalue weighted by molar-refractivity contribution is 0.469. The number of thiophene rings is 1. The van der Waals surface area contributed by atoms with Crippen molar-refractivity contribution in [3.8, 4) is 0 Å². The van der Waals surface area contributed by atoms with Crippen LogP contribution in [0.4, 0.5) is 0 Å². The lowest BCUT2D eigenvalue weighted by Crippen LogP contribution is -2.47. The second-order valence-corrected chi connectivity index (χ2v) is 9.21. The fourth-order valence-electron chi connectivity index (χ4n) is 2.62. The van der Waals surface area contributed by atoms with Crippen LogP contribution in [0.3, 0.4) is 0 Å². The minimum Gasteiger partial charge on any atom is -0.352 e. The summed E-state index contributed by atoms with van der Waals surface area (Å²) in [6, 6.07) is 12.6. The van der Waals surface area contributed by atoms with Gasteiger partial charge in [0, 0.05) is 31.6 Å². The Morgan fingerprint density at radius 3 is 2.54 bits per heavy atom. The van der Waals surface area contributed by atoms with Crippen LogP contribution in [0.15, 0.2) is 57.7 Å². The standard InChI is InChI=1S/C19H27N3O2S2/c1-4-16(15-26(23,24)18-10-6-5-7-11-18)21-19(20-2)22(3)13-12-17-9-8-14-25-17/h5-11,14,16H,4,12-13,15H2,1-3H3,(H,20,21). The summed E-state index contributed by atoms with van der Waals surface area (Å²) < 4.78 is 25.3. The van der Waals surface area contributed by atoms with Gasteiger partial charge in [0.25, 0.3) is 0 Å². The predicted octanol–water partition coefficient (Wildman–Crippen LogP) is 3.05. The molecule has 2 aromatic rings. The van der Waals surface area contributed by atoms with Gasteiger partial charge in [-0.1, -0.05) is 31.2 Å². The molecule has 0 fully saturated rings. The molecule has 0 amide bonds. The summed E-state index contributed by atoms with van der Waals surface area (Å²) >= 11 is 1.74. The lowest BCUT2D eigenvalue weighted by Gasteiger charge is -2.26. The molecule has 1 N–H and O–H groups in total. The zero-order chi connectivity index (χ0) is 19.0. The van der Waals surface area contributed by atoms with Gasteiger partial charge in [-0.2, -0.15) is 0 Å². The molecule has 1 unspecified atom stereocenters. The molecule has 0 saturated heterocycles. The first-order valence-electron chi connectivity index (χ1n) is 8.71. The van der Waals surface area contributed by atoms with Crippen LogP contribution in [0.5, 0.6) is 0 Å². The maximum atomic E-state index is 12.6. The first-order valence-corrected chi connectivity index (χ1v) is 11.2. The molecule has 0 aliphatic carbocycles. The van der Waals surface area contributed by atoms with Crippen molar-refractivity contribution in [3.63, 3.8) is 0 Å². The van der Waals surface area contributed by atoms with E-state index in [0.717, 1.165) is 18.9 Å². The third kappa shape index (κ3) is 5.85. The summed E-state index contributed by atoms with van der Waals surface area (Å²) in [5.74, 6) is 0.766. The van der Waals surface area contributed by atoms with Crippen LogP contribution in [0.25, 0.3) is 0 Å². The Hall–Kier alpha value is -1.86. The topological polar surface area (TPSA) is 61.8 Å². The van der Waals surface area contributed by atoms with Crippen molar-refractivity contribution in [1.82, 2.24) is 10.2 Å². The molecular weight excluding hydrogens is 366 g/mol. The number of likely N-dealkylation sites (N-methyl/N-ethyl adjacent to an activating group) is 1. The number of benzene rings is 1. The molecule has 1 aromatic heterocycles. The molecule has 0 radical (unpaired) electrons. The highest BCUT2D eigenvalue weighted by molar-refractivity contribution is 7.91. The third-order valence-corrected chi connectivity index (χ3v) is 6.96. The number of nitrogens with zero attached hydrogens (tertiary/aromatic N) is 2. The molecule has 142 valence electrons. The summed E-state index contributed by atoms with van der Waals surface area (Å²) in [7, 11) is 0.365. The number of hydrogen-bond donors (Lipinski definition) is 1. The molecule has 0 saturated carbocycles. The van der Waals surface area contributed by atoms with E-state index < -0.39 is 9.84 Å². The minimum atomic E-state index is -3.33. The van der Waals surface area contributed by atoms with Gasteiger partial charge in [-0.3, -0.25) is 4.99 Å². The molecule has 1 heterocycles. The van der Waals surface area contributed by atoms with Crippen LogP contribution in [0.2, 0.25) is 0 Å². The Balaban J connectivity index is 1.98. The minimum absolute atomic E-state index is 0.0469. The van der Waals surface area contributed by atoms with Crippen LogP contribution in [0.1, 0.15) is 18.2 Å². The van der Waals surface area contributed by atoms with Gasteiger partial charge in [0.15, 0.2) is 15.8 Å². The van der Waals surface area contributed by atoms with E-state index in [1.807, 2.05) is 24.9 Å². The molecule has 0 aliphatic heterocycles. The van der Waals surface area contributed by atoms with Crippen LogP contribution < -0.4 is 5.32 Å². The monoisotopic (exact) mass is 393 g/mol. The zero-order valence-electron chi connectivity index (χ0n) is 15.6. The predicted molar refractivity (Wildman–Crippen MR) is 110 cm³/mol. The maximum Gasteiger partial charge on any atom is 0.193 e. The third-order valence-electron chi connectivity index (χ3n) is 4.20. The number of rotatable bonds is 8. The van der Waals surface area contributed by atoms with Crippen molar-refractivity contribution in [2.24, 2.45) is 4.99 Å². The van der Waals surface area contributed by atoms with Crippen molar-refractivity contribution >= 4 is 27.1 Å². The Bertz CT molecular complexity index is 787. The van der Waals surface area contributed by atoms with Gasteiger partial charge in [-0.15, -0.1) is 11.3 Å². The second-order valence-electron chi connectivity index (χ2n) is 6.14. The Morgan fingerprint density at radius 1 is 1.23 bits per heavy atom. The number of hydrogen-bond acceptors (Lipinski definition) is 4. The van der Waals surface area contributed by atoms with E-state index in [9.17, 15) is 8.42 Å². The molecule has 7 heteroatoms. The molecule has 5 nitrogen and oxygen atoms in total. The Labute approximate surface area is 160 Å². The van der Waals surface area contributed by atoms with E-state index in [1.54, 1.807) is 42.6 Å². The maximum absolute atomic E-state index is 12.6. The summed E-state index contributed by atoms with van der Waals surface area (Å²) in [4.78, 5) is 8.04. The SMILES string of the molecule is CCC(CS(=O)(=O)c1ccccc1)NC(=NC)N(C)CCc1cccs1. The Kier molecular flexibility index (Phi) is 7.66. The van der Waals surface area contributed by atoms with Gasteiger partial charge < -0.3 is 10.2 Å². The molecule has 26 heavy (non-hydrogen) atoms. The number of aliphatic imine (C=N–C) groups is 1. The van der Waals surface area contributed by atoms with E-state index in [-0.39, 0.29) is 11.8 Å². The van der Waals surface area contributed by atoms with Gasteiger partial charge in [-0.25, -0.2) is 8.42 Å². The molecule has 0 aliphatic rings. The first kappa shape index (κ1) is 20.5. The molecule has 2 rings (SSSR count). The summed E-state index contributed by atoms with van der Waals surface area (Å²) in [5.41, 5.74) is 0. The summed E-state index contributed by atoms with van der Waals surface area (Å²) in [6.07, 6.45) is 1.64. The van der Waals surface area contributed by atoms with Crippen LogP contribution >= 0.6 is 11.3 Å². The van der Waals surface area contributed by atoms with Crippen molar-refractivity contribution in [3.05, 3.63) is 52.7 Å². The molecular formula is C19H27N3O2S2. The van der Waals surface area contributed by atoms with Gasteiger partial charge in [0.05, 0.1) is 10.6 Å². The van der Waals surface area contributed by atoms with Crippen LogP contribution in [0, 0.1) is 0 Å². The molecule has 0 bridgehead atoms. The van der Waals surface area contributed by atoms with Crippen molar-refractivity contribution in [2.75, 3.05) is 26.4 Å². The smallest absolute Gasteiger partial charge is 0.193 e. The van der Waals surface area contributed by atoms with E-state index >= 15 is 0 Å². The number of nitrogens with one attached hydrogen (secondary N) is 1. The molecule has 1 atom stereocenters. The number of sulfone groups is 1. The average molecular weight is 394 g/mol. The van der Waals surface area contributed by atoms with Crippen molar-refractivity contribution < 1.29 is 8.42 Å². The normalized spacial score (nSPS) is 13.4. The molecule has 1 aromatic carbocycles. The van der Waals surface area contributed by atoms with Gasteiger partial charge in [0.2, 0.25) is 0 Å². The highest BCUT2D eigenvalue weighted by Gasteiger charge is 2.21. The van der Waals surface area contributed by atoms with Crippen LogP contribution in [-0.2, 0) is 16.3 Å². The largest absolute Gasteiger partial charge is 0.352 e. The van der Waals surface area contributed by atoms with Gasteiger partial charge >= 0.3 is 0 Å². The van der Waals surface area contributed by atoms with E-state index in [2.05, 4.69) is 27.8 Å². The van der Waals surface area contributed by atoms with Crippen molar-refractivity contribution in [2.45, 2.75) is 30.7 Å². The highest BCUT2D eigenvalue weighted by atomic mass is 32.2. The Morgan fingerprint density at radius 2 is 1.96 bits per heavy atom. The van der Waals surface area contributed by atoms with E-state index in [1.165, 1.54) is 4.88 Å². The first-order chi connectivity index (χ1) is 12.5. The quantitative estimate of drug-likeness (QED) is 0.553. The van der Waals surface area contributed by atoms with Crippen LogP contribution in [-0.4, -0.2) is 51.7 Å². The lowest BCUT2D eigenvalue weighted by atomic mass is 10.2. The average Bonchev–Trinajstić information content (AvgIpc) is 3.17. The van der Waals surface area contributed by atoms with E-state index in [4.69, 9.17) is 0 Å². The fraction of sp³-hybridized carbons (Fsp3) is 0.421. The van der Waals surface area contributed by atoms with Gasteiger partial charge in [-0.05, 0) is 36.4 Å².